The van der Waals surface area contributed by atoms with Gasteiger partial charge in [-0.05, 0) is 53.6 Å². The molecule has 2 aromatic carbocycles. The molecule has 0 N–H and O–H groups in total. The van der Waals surface area contributed by atoms with Gasteiger partial charge in [0, 0.05) is 5.56 Å². The van der Waals surface area contributed by atoms with Crippen LogP contribution in [0.4, 0.5) is 0 Å². The highest BCUT2D eigenvalue weighted by molar-refractivity contribution is 6.30. The molecule has 0 radical (unpaired) electrons. The van der Waals surface area contributed by atoms with Crippen LogP contribution in [0.25, 0.3) is 27.9 Å². The van der Waals surface area contributed by atoms with Crippen LogP contribution in [-0.4, -0.2) is 11.5 Å². The maximum absolute atomic E-state index is 6.51. The lowest BCUT2D eigenvalue weighted by Crippen LogP contribution is -1.90. The molecule has 0 fully saturated rings. The Morgan fingerprint density at radius 2 is 1.54 bits per heavy atom. The second-order valence-electron chi connectivity index (χ2n) is 5.61. The third kappa shape index (κ3) is 2.45. The van der Waals surface area contributed by atoms with Gasteiger partial charge in [-0.3, -0.25) is 4.40 Å². The van der Waals surface area contributed by atoms with Crippen molar-refractivity contribution in [1.82, 2.24) is 4.40 Å². The van der Waals surface area contributed by atoms with Gasteiger partial charge in [0.2, 0.25) is 0 Å². The quantitative estimate of drug-likeness (QED) is 0.423. The average molecular weight is 334 g/mol. The Bertz CT molecular complexity index is 988. The van der Waals surface area contributed by atoms with Crippen LogP contribution in [0.15, 0.2) is 78.9 Å². The first-order valence-electron chi connectivity index (χ1n) is 7.78. The van der Waals surface area contributed by atoms with E-state index in [9.17, 15) is 0 Å². The summed E-state index contributed by atoms with van der Waals surface area (Å²) in [5, 5.41) is 0.695. The maximum atomic E-state index is 6.51. The Morgan fingerprint density at radius 3 is 2.25 bits per heavy atom. The van der Waals surface area contributed by atoms with E-state index in [2.05, 4.69) is 52.9 Å². The number of halogens is 1. The number of fused-ring (bicyclic) bond motifs is 1. The summed E-state index contributed by atoms with van der Waals surface area (Å²) in [7, 11) is 1.67. The van der Waals surface area contributed by atoms with Crippen LogP contribution < -0.4 is 4.74 Å². The van der Waals surface area contributed by atoms with E-state index in [1.165, 1.54) is 11.1 Å². The highest BCUT2D eigenvalue weighted by Crippen LogP contribution is 2.35. The highest BCUT2D eigenvalue weighted by atomic mass is 35.5. The zero-order valence-corrected chi connectivity index (χ0v) is 14.0. The third-order valence-corrected chi connectivity index (χ3v) is 4.51. The van der Waals surface area contributed by atoms with Crippen molar-refractivity contribution in [2.45, 2.75) is 0 Å². The number of pyridine rings is 1. The minimum absolute atomic E-state index is 0.695. The standard InChI is InChI=1S/C21H16ClNO/c1-24-17-12-10-16(11-13-17)20-14-18(15-6-3-2-4-7-15)19-8-5-9-21(22)23(19)20/h2-14H,1H3. The molecule has 2 nitrogen and oxygen atoms in total. The van der Waals surface area contributed by atoms with E-state index in [0.29, 0.717) is 5.15 Å². The zero-order valence-electron chi connectivity index (χ0n) is 13.2. The van der Waals surface area contributed by atoms with Gasteiger partial charge in [0.25, 0.3) is 0 Å². The lowest BCUT2D eigenvalue weighted by atomic mass is 10.1. The van der Waals surface area contributed by atoms with Crippen molar-refractivity contribution in [2.75, 3.05) is 7.11 Å². The number of ether oxygens (including phenoxy) is 1. The van der Waals surface area contributed by atoms with Crippen molar-refractivity contribution in [3.8, 4) is 28.1 Å². The van der Waals surface area contributed by atoms with Gasteiger partial charge in [0.05, 0.1) is 18.3 Å². The molecule has 4 aromatic rings. The van der Waals surface area contributed by atoms with Gasteiger partial charge < -0.3 is 4.74 Å². The van der Waals surface area contributed by atoms with Crippen LogP contribution in [0.2, 0.25) is 5.15 Å². The smallest absolute Gasteiger partial charge is 0.118 e. The van der Waals surface area contributed by atoms with Crippen molar-refractivity contribution in [3.05, 3.63) is 84.0 Å². The van der Waals surface area contributed by atoms with E-state index in [1.807, 2.05) is 30.3 Å². The number of benzene rings is 2. The molecular weight excluding hydrogens is 318 g/mol. The zero-order chi connectivity index (χ0) is 16.5. The predicted octanol–water partition coefficient (Wildman–Crippen LogP) is 5.94. The second-order valence-corrected chi connectivity index (χ2v) is 5.99. The molecule has 2 heterocycles. The Kier molecular flexibility index (Phi) is 3.75. The van der Waals surface area contributed by atoms with Crippen molar-refractivity contribution in [3.63, 3.8) is 0 Å². The molecule has 0 aliphatic heterocycles. The molecule has 118 valence electrons. The molecule has 0 aliphatic rings. The summed E-state index contributed by atoms with van der Waals surface area (Å²) in [6, 6.07) is 26.6. The molecule has 0 saturated heterocycles. The molecule has 0 saturated carbocycles. The fourth-order valence-electron chi connectivity index (χ4n) is 3.04. The van der Waals surface area contributed by atoms with Gasteiger partial charge in [-0.1, -0.05) is 48.0 Å². The first kappa shape index (κ1) is 14.9. The SMILES string of the molecule is COc1ccc(-c2cc(-c3ccccc3)c3cccc(Cl)n23)cc1. The fourth-order valence-corrected chi connectivity index (χ4v) is 3.29. The third-order valence-electron chi connectivity index (χ3n) is 4.21. The summed E-state index contributed by atoms with van der Waals surface area (Å²) in [5.74, 6) is 0.842. The van der Waals surface area contributed by atoms with Gasteiger partial charge in [0.1, 0.15) is 10.9 Å². The van der Waals surface area contributed by atoms with E-state index in [4.69, 9.17) is 16.3 Å². The number of aromatic nitrogens is 1. The van der Waals surface area contributed by atoms with Crippen LogP contribution in [-0.2, 0) is 0 Å². The fraction of sp³-hybridized carbons (Fsp3) is 0.0476. The Hall–Kier alpha value is -2.71. The topological polar surface area (TPSA) is 13.6 Å². The normalized spacial score (nSPS) is 10.9. The van der Waals surface area contributed by atoms with Crippen LogP contribution in [0.1, 0.15) is 0 Å². The van der Waals surface area contributed by atoms with E-state index < -0.39 is 0 Å². The average Bonchev–Trinajstić information content (AvgIpc) is 3.04. The summed E-state index contributed by atoms with van der Waals surface area (Å²) < 4.78 is 7.35. The number of nitrogens with zero attached hydrogens (tertiary/aromatic N) is 1. The Balaban J connectivity index is 1.98. The van der Waals surface area contributed by atoms with Crippen molar-refractivity contribution >= 4 is 17.1 Å². The Morgan fingerprint density at radius 1 is 0.792 bits per heavy atom. The monoisotopic (exact) mass is 333 g/mol. The second kappa shape index (κ2) is 6.06. The molecular formula is C21H16ClNO. The van der Waals surface area contributed by atoms with Crippen LogP contribution in [0, 0.1) is 0 Å². The molecule has 0 aliphatic carbocycles. The first-order valence-corrected chi connectivity index (χ1v) is 8.15. The van der Waals surface area contributed by atoms with Crippen molar-refractivity contribution in [2.24, 2.45) is 0 Å². The molecule has 0 amide bonds. The van der Waals surface area contributed by atoms with Gasteiger partial charge >= 0.3 is 0 Å². The summed E-state index contributed by atoms with van der Waals surface area (Å²) in [5.41, 5.74) is 5.61. The highest BCUT2D eigenvalue weighted by Gasteiger charge is 2.14. The summed E-state index contributed by atoms with van der Waals surface area (Å²) >= 11 is 6.51. The van der Waals surface area contributed by atoms with Crippen LogP contribution in [0.5, 0.6) is 5.75 Å². The van der Waals surface area contributed by atoms with Gasteiger partial charge in [-0.25, -0.2) is 0 Å². The largest absolute Gasteiger partial charge is 0.497 e. The molecule has 4 rings (SSSR count). The minimum Gasteiger partial charge on any atom is -0.497 e. The number of hydrogen-bond donors (Lipinski definition) is 0. The van der Waals surface area contributed by atoms with Crippen molar-refractivity contribution in [1.29, 1.82) is 0 Å². The Labute approximate surface area is 145 Å². The molecule has 0 bridgehead atoms. The summed E-state index contributed by atoms with van der Waals surface area (Å²) in [4.78, 5) is 0. The van der Waals surface area contributed by atoms with Crippen LogP contribution in [0.3, 0.4) is 0 Å². The summed E-state index contributed by atoms with van der Waals surface area (Å²) in [6.07, 6.45) is 0. The molecule has 3 heteroatoms. The van der Waals surface area contributed by atoms with Gasteiger partial charge in [-0.2, -0.15) is 0 Å². The molecule has 0 atom stereocenters. The number of methoxy groups -OCH3 is 1. The van der Waals surface area contributed by atoms with Crippen LogP contribution >= 0.6 is 11.6 Å². The van der Waals surface area contributed by atoms with E-state index >= 15 is 0 Å². The predicted molar refractivity (Wildman–Crippen MR) is 99.8 cm³/mol. The van der Waals surface area contributed by atoms with Gasteiger partial charge in [0.15, 0.2) is 0 Å². The van der Waals surface area contributed by atoms with Crippen molar-refractivity contribution < 1.29 is 4.74 Å². The molecule has 0 unspecified atom stereocenters. The lowest BCUT2D eigenvalue weighted by Gasteiger charge is -2.06. The maximum Gasteiger partial charge on any atom is 0.118 e. The van der Waals surface area contributed by atoms with Gasteiger partial charge in [-0.15, -0.1) is 0 Å². The summed E-state index contributed by atoms with van der Waals surface area (Å²) in [6.45, 7) is 0. The number of rotatable bonds is 3. The molecule has 2 aromatic heterocycles. The van der Waals surface area contributed by atoms with E-state index in [1.54, 1.807) is 7.11 Å². The number of hydrogen-bond acceptors (Lipinski definition) is 1. The first-order chi connectivity index (χ1) is 11.8. The molecule has 0 spiro atoms. The van der Waals surface area contributed by atoms with E-state index in [-0.39, 0.29) is 0 Å². The minimum atomic E-state index is 0.695. The molecule has 24 heavy (non-hydrogen) atoms. The lowest BCUT2D eigenvalue weighted by molar-refractivity contribution is 0.415. The van der Waals surface area contributed by atoms with E-state index in [0.717, 1.165) is 22.5 Å².